The summed E-state index contributed by atoms with van der Waals surface area (Å²) in [6, 6.07) is 9.63. The minimum atomic E-state index is -5.12. The molecule has 0 N–H and O–H groups in total. The second-order valence-electron chi connectivity index (χ2n) is 5.26. The Morgan fingerprint density at radius 1 is 1.00 bits per heavy atom. The summed E-state index contributed by atoms with van der Waals surface area (Å²) in [7, 11) is 0. The smallest absolute Gasteiger partial charge is 0.497 e. The number of unbranched alkanes of at least 4 members (excludes halogenated alkanes) is 3. The number of ether oxygens (including phenoxy) is 1. The van der Waals surface area contributed by atoms with Gasteiger partial charge in [0, 0.05) is 0 Å². The first-order chi connectivity index (χ1) is 10.5. The molecule has 0 aliphatic heterocycles. The molecule has 0 saturated carbocycles. The molecule has 118 valence electrons. The Hall–Kier alpha value is -0.269. The molecule has 0 spiro atoms. The van der Waals surface area contributed by atoms with Crippen molar-refractivity contribution in [1.29, 1.82) is 0 Å². The molecule has 0 aliphatic carbocycles. The summed E-state index contributed by atoms with van der Waals surface area (Å²) in [5.41, 5.74) is -0.621. The number of benzene rings is 2. The van der Waals surface area contributed by atoms with Gasteiger partial charge in [0.2, 0.25) is 0 Å². The van der Waals surface area contributed by atoms with E-state index >= 15 is 0 Å². The number of hydrogen-bond acceptors (Lipinski definition) is 1. The average Bonchev–Trinajstić information content (AvgIpc) is 2.49. The molecule has 2 aromatic rings. The van der Waals surface area contributed by atoms with Gasteiger partial charge in [-0.15, -0.1) is 6.58 Å². The van der Waals surface area contributed by atoms with Crippen LogP contribution in [-0.4, -0.2) is 13.6 Å². The summed E-state index contributed by atoms with van der Waals surface area (Å²) in [5.74, 6) is -0.0603. The van der Waals surface area contributed by atoms with Gasteiger partial charge in [-0.25, -0.2) is 0 Å². The van der Waals surface area contributed by atoms with E-state index < -0.39 is 12.4 Å². The molecule has 2 rings (SSSR count). The minimum absolute atomic E-state index is 0. The molecule has 0 aliphatic rings. The van der Waals surface area contributed by atoms with Crippen LogP contribution in [0.15, 0.2) is 49.1 Å². The zero-order valence-corrected chi connectivity index (χ0v) is 16.5. The zero-order valence-electron chi connectivity index (χ0n) is 13.4. The van der Waals surface area contributed by atoms with Crippen molar-refractivity contribution in [2.45, 2.75) is 25.7 Å². The molecule has 0 aromatic heterocycles. The van der Waals surface area contributed by atoms with E-state index in [9.17, 15) is 12.9 Å². The van der Waals surface area contributed by atoms with Gasteiger partial charge in [0.15, 0.2) is 0 Å². The van der Waals surface area contributed by atoms with Gasteiger partial charge in [0.05, 0.1) is 12.4 Å². The van der Waals surface area contributed by atoms with Crippen LogP contribution >= 0.6 is 0 Å². The maximum Gasteiger partial charge on any atom is 1.00 e. The normalized spacial score (nSPS) is 11.1. The first-order valence-corrected chi connectivity index (χ1v) is 7.49. The molecule has 0 bridgehead atoms. The van der Waals surface area contributed by atoms with Crippen molar-refractivity contribution in [3.05, 3.63) is 49.1 Å². The van der Waals surface area contributed by atoms with Crippen molar-refractivity contribution < 1.29 is 69.1 Å². The summed E-state index contributed by atoms with van der Waals surface area (Å²) in [4.78, 5) is 0. The summed E-state index contributed by atoms with van der Waals surface area (Å²) < 4.78 is 45.7. The number of halogens is 3. The third-order valence-electron chi connectivity index (χ3n) is 3.57. The molecule has 0 fully saturated rings. The molecule has 0 atom stereocenters. The van der Waals surface area contributed by atoms with E-state index in [4.69, 9.17) is 4.74 Å². The Bertz CT molecular complexity index is 643. The number of fused-ring (bicyclic) bond motifs is 1. The largest absolute Gasteiger partial charge is 1.00 e. The van der Waals surface area contributed by atoms with Crippen LogP contribution in [0.2, 0.25) is 0 Å². The molecule has 0 amide bonds. The summed E-state index contributed by atoms with van der Waals surface area (Å²) in [6.07, 6.45) is 5.42. The van der Waals surface area contributed by atoms with Gasteiger partial charge in [0.1, 0.15) is 0 Å². The van der Waals surface area contributed by atoms with Crippen molar-refractivity contribution in [1.82, 2.24) is 0 Å². The van der Waals surface area contributed by atoms with Crippen molar-refractivity contribution >= 4 is 23.2 Å². The molecule has 6 heteroatoms. The maximum absolute atomic E-state index is 13.4. The Labute approximate surface area is 177 Å². The molecule has 1 nitrogen and oxygen atoms in total. The molecule has 0 radical (unpaired) electrons. The quantitative estimate of drug-likeness (QED) is 0.404. The van der Waals surface area contributed by atoms with Crippen molar-refractivity contribution in [3.63, 3.8) is 0 Å². The molecule has 0 unspecified atom stereocenters. The van der Waals surface area contributed by atoms with Crippen molar-refractivity contribution in [3.8, 4) is 5.75 Å². The fourth-order valence-electron chi connectivity index (χ4n) is 2.49. The predicted molar refractivity (Wildman–Crippen MR) is 86.8 cm³/mol. The molecule has 0 saturated heterocycles. The van der Waals surface area contributed by atoms with Gasteiger partial charge in [-0.1, -0.05) is 41.9 Å². The number of hydrogen-bond donors (Lipinski definition) is 0. The molecule has 23 heavy (non-hydrogen) atoms. The first kappa shape index (κ1) is 20.8. The van der Waals surface area contributed by atoms with Gasteiger partial charge < -0.3 is 17.7 Å². The summed E-state index contributed by atoms with van der Waals surface area (Å²) in [6.45, 7) is -1.18. The average molecular weight is 346 g/mol. The second kappa shape index (κ2) is 9.89. The van der Waals surface area contributed by atoms with Gasteiger partial charge in [0.25, 0.3) is 0 Å². The van der Waals surface area contributed by atoms with Gasteiger partial charge in [-0.3, -0.25) is 0 Å². The van der Waals surface area contributed by atoms with E-state index in [2.05, 4.69) is 6.58 Å². The van der Waals surface area contributed by atoms with E-state index in [0.29, 0.717) is 12.0 Å². The van der Waals surface area contributed by atoms with E-state index in [-0.39, 0.29) is 62.5 Å². The van der Waals surface area contributed by atoms with E-state index in [1.54, 1.807) is 24.3 Å². The Kier molecular flexibility index (Phi) is 8.93. The number of allylic oxidation sites excluding steroid dienone is 1. The molecular weight excluding hydrogens is 327 g/mol. The third-order valence-corrected chi connectivity index (χ3v) is 3.57. The second-order valence-corrected chi connectivity index (χ2v) is 5.26. The van der Waals surface area contributed by atoms with Crippen LogP contribution in [0, 0.1) is 0 Å². The summed E-state index contributed by atoms with van der Waals surface area (Å²) in [5, 5.41) is 0.786. The zero-order chi connectivity index (χ0) is 16.0. The molecule has 0 heterocycles. The van der Waals surface area contributed by atoms with Gasteiger partial charge >= 0.3 is 58.4 Å². The van der Waals surface area contributed by atoms with E-state index in [1.807, 2.05) is 6.08 Å². The molecule has 2 aromatic carbocycles. The SMILES string of the molecule is C=CCCCCCOc1ccc2ccccc2c1[B-](F)(F)F.[K+]. The monoisotopic (exact) mass is 346 g/mol. The minimum Gasteiger partial charge on any atom is -0.497 e. The Morgan fingerprint density at radius 3 is 2.43 bits per heavy atom. The Balaban J connectivity index is 0.00000264. The fraction of sp³-hybridized carbons (Fsp3) is 0.294. The molecular formula is C17H19BF3KO. The van der Waals surface area contributed by atoms with Crippen molar-refractivity contribution in [2.24, 2.45) is 0 Å². The van der Waals surface area contributed by atoms with Crippen LogP contribution in [-0.2, 0) is 0 Å². The van der Waals surface area contributed by atoms with Crippen LogP contribution in [0.3, 0.4) is 0 Å². The third kappa shape index (κ3) is 5.94. The topological polar surface area (TPSA) is 9.23 Å². The van der Waals surface area contributed by atoms with Crippen LogP contribution in [0.4, 0.5) is 12.9 Å². The van der Waals surface area contributed by atoms with Crippen LogP contribution in [0.5, 0.6) is 5.75 Å². The first-order valence-electron chi connectivity index (χ1n) is 7.49. The Morgan fingerprint density at radius 2 is 1.74 bits per heavy atom. The van der Waals surface area contributed by atoms with Gasteiger partial charge in [-0.2, -0.15) is 0 Å². The summed E-state index contributed by atoms with van der Waals surface area (Å²) >= 11 is 0. The fourth-order valence-corrected chi connectivity index (χ4v) is 2.49. The number of rotatable bonds is 8. The van der Waals surface area contributed by atoms with E-state index in [0.717, 1.165) is 25.7 Å². The van der Waals surface area contributed by atoms with Crippen LogP contribution in [0.25, 0.3) is 10.8 Å². The van der Waals surface area contributed by atoms with E-state index in [1.165, 1.54) is 12.1 Å². The van der Waals surface area contributed by atoms with Crippen LogP contribution < -0.4 is 61.6 Å². The standard InChI is InChI=1S/C17H19BF3O.K/c1-2-3-4-5-8-13-22-16-12-11-14-9-6-7-10-15(14)17(16)18(19,20)21;/h2,6-7,9-12H,1,3-5,8,13H2;/q-1;+1. The van der Waals surface area contributed by atoms with Gasteiger partial charge in [-0.05, 0) is 42.5 Å². The maximum atomic E-state index is 13.4. The van der Waals surface area contributed by atoms with Crippen molar-refractivity contribution in [2.75, 3.05) is 6.61 Å². The predicted octanol–water partition coefficient (Wildman–Crippen LogP) is 2.02. The van der Waals surface area contributed by atoms with Crippen LogP contribution in [0.1, 0.15) is 25.7 Å².